The summed E-state index contributed by atoms with van der Waals surface area (Å²) in [5.74, 6) is -1.61. The van der Waals surface area contributed by atoms with Gasteiger partial charge in [-0.1, -0.05) is 17.7 Å². The fraction of sp³-hybridized carbons (Fsp3) is 0.167. The summed E-state index contributed by atoms with van der Waals surface area (Å²) < 4.78 is 0. The fourth-order valence-electron chi connectivity index (χ4n) is 1.16. The molecule has 17 heavy (non-hydrogen) atoms. The third kappa shape index (κ3) is 3.92. The third-order valence-electron chi connectivity index (χ3n) is 2.14. The molecule has 0 aromatic heterocycles. The lowest BCUT2D eigenvalue weighted by Gasteiger charge is -2.06. The van der Waals surface area contributed by atoms with Crippen molar-refractivity contribution in [2.75, 3.05) is 5.32 Å². The van der Waals surface area contributed by atoms with Crippen molar-refractivity contribution >= 4 is 29.2 Å². The number of aliphatic carboxylic acids is 1. The first-order chi connectivity index (χ1) is 7.90. The molecule has 0 heterocycles. The Kier molecular flexibility index (Phi) is 4.29. The van der Waals surface area contributed by atoms with Gasteiger partial charge in [-0.15, -0.1) is 0 Å². The van der Waals surface area contributed by atoms with E-state index in [1.807, 2.05) is 6.92 Å². The standard InChI is InChI=1S/C12H12ClNO3/c1-7-3-4-9(13)6-10(7)14-11(15)5-8(2)12(16)17/h3-6H,1-2H3,(H,14,15)(H,16,17)/b8-5+. The second kappa shape index (κ2) is 5.50. The number of nitrogens with one attached hydrogen (secondary N) is 1. The average Bonchev–Trinajstić information content (AvgIpc) is 2.23. The minimum Gasteiger partial charge on any atom is -0.478 e. The van der Waals surface area contributed by atoms with Gasteiger partial charge in [-0.3, -0.25) is 4.79 Å². The normalized spacial score (nSPS) is 11.1. The summed E-state index contributed by atoms with van der Waals surface area (Å²) in [5.41, 5.74) is 1.39. The van der Waals surface area contributed by atoms with Crippen molar-refractivity contribution in [3.8, 4) is 0 Å². The van der Waals surface area contributed by atoms with Crippen molar-refractivity contribution in [1.82, 2.24) is 0 Å². The Morgan fingerprint density at radius 2 is 2.06 bits per heavy atom. The molecule has 0 unspecified atom stereocenters. The first-order valence-electron chi connectivity index (χ1n) is 4.89. The van der Waals surface area contributed by atoms with Gasteiger partial charge in [0.05, 0.1) is 0 Å². The van der Waals surface area contributed by atoms with Crippen molar-refractivity contribution in [3.63, 3.8) is 0 Å². The Bertz CT molecular complexity index is 495. The van der Waals surface area contributed by atoms with E-state index in [0.29, 0.717) is 10.7 Å². The van der Waals surface area contributed by atoms with Gasteiger partial charge in [-0.25, -0.2) is 4.79 Å². The molecule has 0 saturated heterocycles. The van der Waals surface area contributed by atoms with E-state index >= 15 is 0 Å². The highest BCUT2D eigenvalue weighted by molar-refractivity contribution is 6.31. The predicted octanol–water partition coefficient (Wildman–Crippen LogP) is 2.62. The number of carboxylic acid groups (broad SMARTS) is 1. The summed E-state index contributed by atoms with van der Waals surface area (Å²) in [5, 5.41) is 11.7. The minimum absolute atomic E-state index is 0.0258. The molecule has 0 aliphatic heterocycles. The molecule has 2 N–H and O–H groups in total. The van der Waals surface area contributed by atoms with Crippen molar-refractivity contribution in [2.45, 2.75) is 13.8 Å². The highest BCUT2D eigenvalue weighted by Crippen LogP contribution is 2.20. The van der Waals surface area contributed by atoms with E-state index in [1.54, 1.807) is 18.2 Å². The summed E-state index contributed by atoms with van der Waals surface area (Å²) in [6.45, 7) is 3.17. The Morgan fingerprint density at radius 1 is 1.41 bits per heavy atom. The van der Waals surface area contributed by atoms with Crippen LogP contribution in [0.15, 0.2) is 29.8 Å². The van der Waals surface area contributed by atoms with Gasteiger partial charge in [0.15, 0.2) is 0 Å². The van der Waals surface area contributed by atoms with E-state index in [2.05, 4.69) is 5.32 Å². The lowest BCUT2D eigenvalue weighted by atomic mass is 10.2. The second-order valence-corrected chi connectivity index (χ2v) is 4.02. The van der Waals surface area contributed by atoms with Gasteiger partial charge < -0.3 is 10.4 Å². The number of anilines is 1. The number of carboxylic acids is 1. The van der Waals surface area contributed by atoms with Crippen molar-refractivity contribution in [2.24, 2.45) is 0 Å². The summed E-state index contributed by atoms with van der Waals surface area (Å²) in [6.07, 6.45) is 1.03. The van der Waals surface area contributed by atoms with Gasteiger partial charge in [-0.05, 0) is 31.5 Å². The van der Waals surface area contributed by atoms with Crippen LogP contribution in [-0.2, 0) is 9.59 Å². The Hall–Kier alpha value is -1.81. The Labute approximate surface area is 104 Å². The molecule has 0 spiro atoms. The minimum atomic E-state index is -1.12. The van der Waals surface area contributed by atoms with Crippen LogP contribution in [0.3, 0.4) is 0 Å². The molecular formula is C12H12ClNO3. The molecule has 0 saturated carbocycles. The third-order valence-corrected chi connectivity index (χ3v) is 2.38. The van der Waals surface area contributed by atoms with E-state index in [0.717, 1.165) is 11.6 Å². The van der Waals surface area contributed by atoms with Crippen LogP contribution >= 0.6 is 11.6 Å². The largest absolute Gasteiger partial charge is 0.478 e. The molecule has 1 amide bonds. The number of rotatable bonds is 3. The zero-order valence-electron chi connectivity index (χ0n) is 9.45. The Morgan fingerprint density at radius 3 is 2.65 bits per heavy atom. The van der Waals surface area contributed by atoms with Crippen LogP contribution in [0.25, 0.3) is 0 Å². The molecule has 0 aliphatic rings. The number of aryl methyl sites for hydroxylation is 1. The quantitative estimate of drug-likeness (QED) is 0.814. The zero-order valence-corrected chi connectivity index (χ0v) is 10.2. The molecule has 4 nitrogen and oxygen atoms in total. The molecule has 0 bridgehead atoms. The summed E-state index contributed by atoms with van der Waals surface area (Å²) in [4.78, 5) is 22.0. The average molecular weight is 254 g/mol. The number of halogens is 1. The highest BCUT2D eigenvalue weighted by atomic mass is 35.5. The van der Waals surface area contributed by atoms with Crippen LogP contribution in [-0.4, -0.2) is 17.0 Å². The van der Waals surface area contributed by atoms with Crippen molar-refractivity contribution < 1.29 is 14.7 Å². The maximum Gasteiger partial charge on any atom is 0.331 e. The predicted molar refractivity (Wildman–Crippen MR) is 66.2 cm³/mol. The van der Waals surface area contributed by atoms with E-state index in [9.17, 15) is 9.59 Å². The van der Waals surface area contributed by atoms with Crippen molar-refractivity contribution in [1.29, 1.82) is 0 Å². The highest BCUT2D eigenvalue weighted by Gasteiger charge is 2.06. The van der Waals surface area contributed by atoms with Gasteiger partial charge >= 0.3 is 5.97 Å². The SMILES string of the molecule is C/C(=C\C(=O)Nc1cc(Cl)ccc1C)C(=O)O. The fourth-order valence-corrected chi connectivity index (χ4v) is 1.33. The summed E-state index contributed by atoms with van der Waals surface area (Å²) in [7, 11) is 0. The van der Waals surface area contributed by atoms with Crippen LogP contribution in [0.2, 0.25) is 5.02 Å². The maximum atomic E-state index is 11.5. The van der Waals surface area contributed by atoms with Gasteiger partial charge in [0.25, 0.3) is 0 Å². The smallest absolute Gasteiger partial charge is 0.331 e. The number of hydrogen-bond acceptors (Lipinski definition) is 2. The Balaban J connectivity index is 2.85. The van der Waals surface area contributed by atoms with Crippen LogP contribution in [0.1, 0.15) is 12.5 Å². The van der Waals surface area contributed by atoms with E-state index in [-0.39, 0.29) is 5.57 Å². The number of hydrogen-bond donors (Lipinski definition) is 2. The zero-order chi connectivity index (χ0) is 13.0. The molecule has 0 atom stereocenters. The molecule has 1 aromatic rings. The summed E-state index contributed by atoms with van der Waals surface area (Å²) in [6, 6.07) is 5.09. The topological polar surface area (TPSA) is 66.4 Å². The molecule has 0 fully saturated rings. The van der Waals surface area contributed by atoms with Crippen LogP contribution in [0.4, 0.5) is 5.69 Å². The first kappa shape index (κ1) is 13.3. The number of amides is 1. The van der Waals surface area contributed by atoms with Crippen LogP contribution < -0.4 is 5.32 Å². The lowest BCUT2D eigenvalue weighted by Crippen LogP contribution is -2.11. The van der Waals surface area contributed by atoms with Gasteiger partial charge in [-0.2, -0.15) is 0 Å². The van der Waals surface area contributed by atoms with Crippen LogP contribution in [0.5, 0.6) is 0 Å². The molecule has 1 aromatic carbocycles. The van der Waals surface area contributed by atoms with E-state index in [1.165, 1.54) is 6.92 Å². The second-order valence-electron chi connectivity index (χ2n) is 3.58. The summed E-state index contributed by atoms with van der Waals surface area (Å²) >= 11 is 5.80. The lowest BCUT2D eigenvalue weighted by molar-refractivity contribution is -0.132. The molecule has 1 rings (SSSR count). The number of carbonyl (C=O) groups is 2. The van der Waals surface area contributed by atoms with E-state index < -0.39 is 11.9 Å². The molecule has 0 aliphatic carbocycles. The first-order valence-corrected chi connectivity index (χ1v) is 5.26. The van der Waals surface area contributed by atoms with E-state index in [4.69, 9.17) is 16.7 Å². The molecule has 0 radical (unpaired) electrons. The maximum absolute atomic E-state index is 11.5. The monoisotopic (exact) mass is 253 g/mol. The van der Waals surface area contributed by atoms with Gasteiger partial charge in [0.1, 0.15) is 0 Å². The number of carbonyl (C=O) groups excluding carboxylic acids is 1. The van der Waals surface area contributed by atoms with Gasteiger partial charge in [0.2, 0.25) is 5.91 Å². The molecular weight excluding hydrogens is 242 g/mol. The van der Waals surface area contributed by atoms with Gasteiger partial charge in [0, 0.05) is 22.4 Å². The molecule has 5 heteroatoms. The number of benzene rings is 1. The molecule has 90 valence electrons. The van der Waals surface area contributed by atoms with Crippen molar-refractivity contribution in [3.05, 3.63) is 40.4 Å². The van der Waals surface area contributed by atoms with Crippen LogP contribution in [0, 0.1) is 6.92 Å².